The van der Waals surface area contributed by atoms with Crippen molar-refractivity contribution in [3.63, 3.8) is 0 Å². The molecule has 0 saturated carbocycles. The van der Waals surface area contributed by atoms with Crippen LogP contribution in [-0.2, 0) is 13.6 Å². The molecule has 0 bridgehead atoms. The van der Waals surface area contributed by atoms with Gasteiger partial charge in [0.15, 0.2) is 5.82 Å². The van der Waals surface area contributed by atoms with Crippen molar-refractivity contribution in [1.29, 1.82) is 0 Å². The van der Waals surface area contributed by atoms with Crippen molar-refractivity contribution in [3.8, 4) is 0 Å². The minimum absolute atomic E-state index is 0.0966. The molecule has 0 fully saturated rings. The van der Waals surface area contributed by atoms with Crippen LogP contribution in [0, 0.1) is 5.82 Å². The molecule has 1 aromatic heterocycles. The second-order valence-corrected chi connectivity index (χ2v) is 4.86. The number of aromatic nitrogens is 2. The molecule has 2 rings (SSSR count). The molecule has 0 atom stereocenters. The van der Waals surface area contributed by atoms with Crippen molar-refractivity contribution in [1.82, 2.24) is 9.78 Å². The van der Waals surface area contributed by atoms with Crippen LogP contribution in [0.5, 0.6) is 0 Å². The Morgan fingerprint density at radius 1 is 1.45 bits per heavy atom. The highest BCUT2D eigenvalue weighted by molar-refractivity contribution is 6.35. The first-order chi connectivity index (χ1) is 9.40. The van der Waals surface area contributed by atoms with Crippen LogP contribution in [-0.4, -0.2) is 20.9 Å². The van der Waals surface area contributed by atoms with Crippen LogP contribution in [0.2, 0.25) is 10.0 Å². The Morgan fingerprint density at radius 2 is 2.05 bits per heavy atom. The van der Waals surface area contributed by atoms with E-state index in [0.717, 1.165) is 0 Å². The summed E-state index contributed by atoms with van der Waals surface area (Å²) in [4.78, 5) is 11.0. The quantitative estimate of drug-likeness (QED) is 0.850. The second-order valence-electron chi connectivity index (χ2n) is 4.04. The number of halogens is 3. The van der Waals surface area contributed by atoms with Gasteiger partial charge in [0, 0.05) is 12.7 Å². The fourth-order valence-electron chi connectivity index (χ4n) is 1.69. The molecule has 8 heteroatoms. The van der Waals surface area contributed by atoms with E-state index < -0.39 is 11.8 Å². The van der Waals surface area contributed by atoms with E-state index in [4.69, 9.17) is 28.3 Å². The highest BCUT2D eigenvalue weighted by Crippen LogP contribution is 2.27. The first-order valence-corrected chi connectivity index (χ1v) is 6.28. The summed E-state index contributed by atoms with van der Waals surface area (Å²) in [6.45, 7) is 0.191. The minimum Gasteiger partial charge on any atom is -0.478 e. The molecule has 0 aliphatic heterocycles. The van der Waals surface area contributed by atoms with Crippen molar-refractivity contribution >= 4 is 34.9 Å². The standard InChI is InChI=1S/C12H10Cl2FN3O2/c1-18-10(7(4-17-18)12(19)20)5-16-6-2-8(13)11(15)9(14)3-6/h2-4,16H,5H2,1H3,(H,19,20). The lowest BCUT2D eigenvalue weighted by molar-refractivity contribution is 0.0695. The number of carbonyl (C=O) groups is 1. The lowest BCUT2D eigenvalue weighted by atomic mass is 10.2. The van der Waals surface area contributed by atoms with Crippen molar-refractivity contribution in [2.75, 3.05) is 5.32 Å². The van der Waals surface area contributed by atoms with Crippen LogP contribution < -0.4 is 5.32 Å². The number of benzene rings is 1. The molecule has 0 spiro atoms. The zero-order chi connectivity index (χ0) is 14.9. The zero-order valence-electron chi connectivity index (χ0n) is 10.3. The van der Waals surface area contributed by atoms with Gasteiger partial charge in [-0.2, -0.15) is 5.10 Å². The smallest absolute Gasteiger partial charge is 0.339 e. The molecule has 0 aliphatic rings. The maximum atomic E-state index is 13.3. The Morgan fingerprint density at radius 3 is 2.60 bits per heavy atom. The minimum atomic E-state index is -1.06. The van der Waals surface area contributed by atoms with Crippen molar-refractivity contribution < 1.29 is 14.3 Å². The summed E-state index contributed by atoms with van der Waals surface area (Å²) in [5.41, 5.74) is 1.06. The van der Waals surface area contributed by atoms with E-state index in [1.165, 1.54) is 23.0 Å². The average molecular weight is 318 g/mol. The van der Waals surface area contributed by atoms with Crippen molar-refractivity contribution in [2.45, 2.75) is 6.54 Å². The van der Waals surface area contributed by atoms with Gasteiger partial charge >= 0.3 is 5.97 Å². The lowest BCUT2D eigenvalue weighted by Crippen LogP contribution is -2.10. The Hall–Kier alpha value is -1.79. The maximum Gasteiger partial charge on any atom is 0.339 e. The summed E-state index contributed by atoms with van der Waals surface area (Å²) in [6, 6.07) is 2.75. The molecule has 5 nitrogen and oxygen atoms in total. The van der Waals surface area contributed by atoms with Gasteiger partial charge in [-0.1, -0.05) is 23.2 Å². The van der Waals surface area contributed by atoms with Crippen LogP contribution in [0.4, 0.5) is 10.1 Å². The number of carboxylic acid groups (broad SMARTS) is 1. The lowest BCUT2D eigenvalue weighted by Gasteiger charge is -2.09. The summed E-state index contributed by atoms with van der Waals surface area (Å²) < 4.78 is 14.7. The normalized spacial score (nSPS) is 10.6. The largest absolute Gasteiger partial charge is 0.478 e. The molecule has 1 heterocycles. The van der Waals surface area contributed by atoms with Gasteiger partial charge < -0.3 is 10.4 Å². The molecule has 0 unspecified atom stereocenters. The number of rotatable bonds is 4. The van der Waals surface area contributed by atoms with Gasteiger partial charge in [0.1, 0.15) is 5.56 Å². The molecule has 1 aromatic carbocycles. The Balaban J connectivity index is 2.21. The van der Waals surface area contributed by atoms with E-state index in [9.17, 15) is 9.18 Å². The number of anilines is 1. The van der Waals surface area contributed by atoms with E-state index in [1.54, 1.807) is 7.05 Å². The van der Waals surface area contributed by atoms with E-state index in [-0.39, 0.29) is 22.2 Å². The Labute approximate surface area is 123 Å². The second kappa shape index (κ2) is 5.68. The van der Waals surface area contributed by atoms with Gasteiger partial charge in [-0.25, -0.2) is 9.18 Å². The maximum absolute atomic E-state index is 13.3. The van der Waals surface area contributed by atoms with E-state index in [2.05, 4.69) is 10.4 Å². The van der Waals surface area contributed by atoms with Gasteiger partial charge in [-0.05, 0) is 12.1 Å². The fourth-order valence-corrected chi connectivity index (χ4v) is 2.18. The number of aromatic carboxylic acids is 1. The molecule has 2 aromatic rings. The summed E-state index contributed by atoms with van der Waals surface area (Å²) in [6.07, 6.45) is 1.27. The first kappa shape index (κ1) is 14.6. The Bertz CT molecular complexity index is 650. The summed E-state index contributed by atoms with van der Waals surface area (Å²) in [7, 11) is 1.63. The molecule has 2 N–H and O–H groups in total. The highest BCUT2D eigenvalue weighted by atomic mass is 35.5. The van der Waals surface area contributed by atoms with Crippen LogP contribution in [0.3, 0.4) is 0 Å². The molecule has 0 aliphatic carbocycles. The van der Waals surface area contributed by atoms with Gasteiger partial charge in [0.05, 0.1) is 28.5 Å². The summed E-state index contributed by atoms with van der Waals surface area (Å²) in [5.74, 6) is -1.75. The SMILES string of the molecule is Cn1ncc(C(=O)O)c1CNc1cc(Cl)c(F)c(Cl)c1. The van der Waals surface area contributed by atoms with Crippen LogP contribution in [0.25, 0.3) is 0 Å². The summed E-state index contributed by atoms with van der Waals surface area (Å²) >= 11 is 11.4. The van der Waals surface area contributed by atoms with E-state index >= 15 is 0 Å². The third-order valence-electron chi connectivity index (χ3n) is 2.74. The Kier molecular flexibility index (Phi) is 4.15. The van der Waals surface area contributed by atoms with Crippen LogP contribution >= 0.6 is 23.2 Å². The van der Waals surface area contributed by atoms with E-state index in [1.807, 2.05) is 0 Å². The molecule has 0 amide bonds. The van der Waals surface area contributed by atoms with E-state index in [0.29, 0.717) is 11.4 Å². The molecule has 0 radical (unpaired) electrons. The first-order valence-electron chi connectivity index (χ1n) is 5.52. The number of aryl methyl sites for hydroxylation is 1. The van der Waals surface area contributed by atoms with Crippen molar-refractivity contribution in [2.24, 2.45) is 7.05 Å². The number of nitrogens with one attached hydrogen (secondary N) is 1. The fraction of sp³-hybridized carbons (Fsp3) is 0.167. The molecular weight excluding hydrogens is 308 g/mol. The number of hydrogen-bond acceptors (Lipinski definition) is 3. The molecule has 106 valence electrons. The topological polar surface area (TPSA) is 67.2 Å². The third-order valence-corrected chi connectivity index (χ3v) is 3.29. The van der Waals surface area contributed by atoms with Crippen LogP contribution in [0.15, 0.2) is 18.3 Å². The monoisotopic (exact) mass is 317 g/mol. The predicted octanol–water partition coefficient (Wildman–Crippen LogP) is 3.18. The van der Waals surface area contributed by atoms with Gasteiger partial charge in [-0.15, -0.1) is 0 Å². The highest BCUT2D eigenvalue weighted by Gasteiger charge is 2.15. The number of hydrogen-bond donors (Lipinski definition) is 2. The zero-order valence-corrected chi connectivity index (χ0v) is 11.8. The molecule has 0 saturated heterocycles. The van der Waals surface area contributed by atoms with Gasteiger partial charge in [-0.3, -0.25) is 4.68 Å². The van der Waals surface area contributed by atoms with Gasteiger partial charge in [0.25, 0.3) is 0 Å². The molecule has 20 heavy (non-hydrogen) atoms. The predicted molar refractivity (Wildman–Crippen MR) is 73.9 cm³/mol. The summed E-state index contributed by atoms with van der Waals surface area (Å²) in [5, 5.41) is 15.6. The number of nitrogens with zero attached hydrogens (tertiary/aromatic N) is 2. The van der Waals surface area contributed by atoms with Crippen molar-refractivity contribution in [3.05, 3.63) is 45.4 Å². The van der Waals surface area contributed by atoms with Gasteiger partial charge in [0.2, 0.25) is 0 Å². The van der Waals surface area contributed by atoms with Crippen LogP contribution in [0.1, 0.15) is 16.1 Å². The average Bonchev–Trinajstić information content (AvgIpc) is 2.74. The third kappa shape index (κ3) is 2.86. The molecular formula is C12H10Cl2FN3O2. The number of carboxylic acids is 1.